The second-order valence-corrected chi connectivity index (χ2v) is 4.90. The number of anilines is 1. The number of hydrogen-bond acceptors (Lipinski definition) is 5. The summed E-state index contributed by atoms with van der Waals surface area (Å²) in [4.78, 5) is 23.0. The van der Waals surface area contributed by atoms with E-state index in [0.717, 1.165) is 0 Å². The zero-order valence-electron chi connectivity index (χ0n) is 10.6. The van der Waals surface area contributed by atoms with Crippen LogP contribution in [0.4, 0.5) is 10.1 Å². The highest BCUT2D eigenvalue weighted by Crippen LogP contribution is 2.23. The van der Waals surface area contributed by atoms with Crippen LogP contribution in [0, 0.1) is 5.82 Å². The summed E-state index contributed by atoms with van der Waals surface area (Å²) in [6.45, 7) is 1.31. The molecule has 1 rings (SSSR count). The van der Waals surface area contributed by atoms with Gasteiger partial charge in [0.25, 0.3) is 0 Å². The van der Waals surface area contributed by atoms with E-state index in [1.165, 1.54) is 37.9 Å². The number of nitrogens with one attached hydrogen (secondary N) is 1. The highest BCUT2D eigenvalue weighted by molar-refractivity contribution is 7.99. The summed E-state index contributed by atoms with van der Waals surface area (Å²) in [6, 6.07) is 3.33. The molecule has 1 aromatic rings. The van der Waals surface area contributed by atoms with Crippen molar-refractivity contribution in [2.24, 2.45) is 0 Å². The molecule has 0 fully saturated rings. The molecule has 0 aliphatic heterocycles. The maximum absolute atomic E-state index is 13.1. The fraction of sp³-hybridized carbons (Fsp3) is 0.333. The van der Waals surface area contributed by atoms with E-state index >= 15 is 0 Å². The lowest BCUT2D eigenvalue weighted by Crippen LogP contribution is -2.42. The monoisotopic (exact) mass is 286 g/mol. The summed E-state index contributed by atoms with van der Waals surface area (Å²) in [7, 11) is 1.24. The Kier molecular flexibility index (Phi) is 5.62. The third kappa shape index (κ3) is 5.17. The molecule has 3 N–H and O–H groups in total. The van der Waals surface area contributed by atoms with Crippen LogP contribution in [0.1, 0.15) is 6.92 Å². The summed E-state index contributed by atoms with van der Waals surface area (Å²) in [5, 5.41) is 2.47. The van der Waals surface area contributed by atoms with Gasteiger partial charge in [-0.1, -0.05) is 0 Å². The molecule has 0 spiro atoms. The molecular weight excluding hydrogens is 271 g/mol. The van der Waals surface area contributed by atoms with Crippen LogP contribution in [0.25, 0.3) is 0 Å². The van der Waals surface area contributed by atoms with Gasteiger partial charge in [0, 0.05) is 23.3 Å². The molecule has 1 atom stereocenters. The zero-order chi connectivity index (χ0) is 14.4. The molecule has 1 amide bonds. The Hall–Kier alpha value is -1.76. The van der Waals surface area contributed by atoms with E-state index in [1.807, 2.05) is 0 Å². The number of hydrogen-bond donors (Lipinski definition) is 2. The van der Waals surface area contributed by atoms with Crippen molar-refractivity contribution in [1.29, 1.82) is 0 Å². The van der Waals surface area contributed by atoms with Crippen molar-refractivity contribution in [1.82, 2.24) is 5.32 Å². The molecule has 104 valence electrons. The maximum Gasteiger partial charge on any atom is 0.329 e. The Morgan fingerprint density at radius 2 is 2.16 bits per heavy atom. The maximum atomic E-state index is 13.1. The molecule has 0 bridgehead atoms. The van der Waals surface area contributed by atoms with Crippen LogP contribution in [0.2, 0.25) is 0 Å². The van der Waals surface area contributed by atoms with E-state index in [-0.39, 0.29) is 11.7 Å². The Bertz CT molecular complexity index is 462. The third-order valence-corrected chi connectivity index (χ3v) is 3.24. The molecule has 0 aromatic heterocycles. The predicted molar refractivity (Wildman–Crippen MR) is 71.2 cm³/mol. The lowest BCUT2D eigenvalue weighted by Gasteiger charge is -2.15. The number of benzene rings is 1. The standard InChI is InChI=1S/C12H15FN2O3S/c1-7(16)15-11(12(17)18-2)6-19-10-4-8(13)3-9(14)5-10/h3-5,11H,6,14H2,1-2H3,(H,15,16). The van der Waals surface area contributed by atoms with Crippen LogP contribution in [-0.2, 0) is 14.3 Å². The fourth-order valence-electron chi connectivity index (χ4n) is 1.40. The van der Waals surface area contributed by atoms with Crippen LogP contribution in [0.5, 0.6) is 0 Å². The van der Waals surface area contributed by atoms with Gasteiger partial charge in [0.2, 0.25) is 5.91 Å². The summed E-state index contributed by atoms with van der Waals surface area (Å²) < 4.78 is 17.7. The van der Waals surface area contributed by atoms with Crippen LogP contribution >= 0.6 is 11.8 Å². The van der Waals surface area contributed by atoms with Crippen molar-refractivity contribution >= 4 is 29.3 Å². The summed E-state index contributed by atoms with van der Waals surface area (Å²) in [5.74, 6) is -1.10. The van der Waals surface area contributed by atoms with Crippen LogP contribution in [0.15, 0.2) is 23.1 Å². The molecular formula is C12H15FN2O3S. The molecule has 0 aliphatic carbocycles. The first-order valence-corrected chi connectivity index (χ1v) is 6.44. The summed E-state index contributed by atoms with van der Waals surface area (Å²) in [6.07, 6.45) is 0. The van der Waals surface area contributed by atoms with Crippen molar-refractivity contribution in [2.45, 2.75) is 17.9 Å². The second-order valence-electron chi connectivity index (χ2n) is 3.81. The normalized spacial score (nSPS) is 11.7. The Balaban J connectivity index is 2.69. The van der Waals surface area contributed by atoms with Crippen molar-refractivity contribution in [3.63, 3.8) is 0 Å². The number of carbonyl (C=O) groups excluding carboxylic acids is 2. The molecule has 5 nitrogen and oxygen atoms in total. The average molecular weight is 286 g/mol. The van der Waals surface area contributed by atoms with Gasteiger partial charge in [0.15, 0.2) is 0 Å². The van der Waals surface area contributed by atoms with Crippen LogP contribution < -0.4 is 11.1 Å². The molecule has 0 radical (unpaired) electrons. The minimum Gasteiger partial charge on any atom is -0.467 e. The van der Waals surface area contributed by atoms with E-state index < -0.39 is 17.8 Å². The molecule has 0 saturated carbocycles. The Labute approximate surface area is 114 Å². The van der Waals surface area contributed by atoms with Gasteiger partial charge in [-0.05, 0) is 18.2 Å². The quantitative estimate of drug-likeness (QED) is 0.482. The topological polar surface area (TPSA) is 81.4 Å². The lowest BCUT2D eigenvalue weighted by atomic mass is 10.3. The van der Waals surface area contributed by atoms with E-state index in [4.69, 9.17) is 5.73 Å². The van der Waals surface area contributed by atoms with Gasteiger partial charge in [0.1, 0.15) is 11.9 Å². The van der Waals surface area contributed by atoms with E-state index in [0.29, 0.717) is 10.6 Å². The molecule has 19 heavy (non-hydrogen) atoms. The largest absolute Gasteiger partial charge is 0.467 e. The first kappa shape index (κ1) is 15.3. The minimum absolute atomic E-state index is 0.231. The van der Waals surface area contributed by atoms with Crippen molar-refractivity contribution < 1.29 is 18.7 Å². The van der Waals surface area contributed by atoms with E-state index in [9.17, 15) is 14.0 Å². The van der Waals surface area contributed by atoms with Crippen LogP contribution in [0.3, 0.4) is 0 Å². The Morgan fingerprint density at radius 1 is 1.47 bits per heavy atom. The second kappa shape index (κ2) is 6.98. The number of methoxy groups -OCH3 is 1. The molecule has 7 heteroatoms. The SMILES string of the molecule is COC(=O)C(CSc1cc(N)cc(F)c1)NC(C)=O. The number of rotatable bonds is 5. The smallest absolute Gasteiger partial charge is 0.329 e. The number of nitrogen functional groups attached to an aromatic ring is 1. The van der Waals surface area contributed by atoms with Gasteiger partial charge in [-0.3, -0.25) is 4.79 Å². The highest BCUT2D eigenvalue weighted by Gasteiger charge is 2.20. The molecule has 0 aliphatic rings. The zero-order valence-corrected chi connectivity index (χ0v) is 11.4. The molecule has 1 aromatic carbocycles. The number of ether oxygens (including phenoxy) is 1. The van der Waals surface area contributed by atoms with Gasteiger partial charge in [-0.25, -0.2) is 9.18 Å². The van der Waals surface area contributed by atoms with E-state index in [2.05, 4.69) is 10.1 Å². The van der Waals surface area contributed by atoms with Gasteiger partial charge in [-0.15, -0.1) is 11.8 Å². The molecule has 0 saturated heterocycles. The molecule has 0 heterocycles. The van der Waals surface area contributed by atoms with Crippen LogP contribution in [-0.4, -0.2) is 30.8 Å². The number of nitrogens with two attached hydrogens (primary N) is 1. The number of esters is 1. The number of amides is 1. The average Bonchev–Trinajstić information content (AvgIpc) is 2.31. The first-order chi connectivity index (χ1) is 8.92. The number of thioether (sulfide) groups is 1. The third-order valence-electron chi connectivity index (χ3n) is 2.17. The number of halogens is 1. The van der Waals surface area contributed by atoms with Crippen molar-refractivity contribution in [3.8, 4) is 0 Å². The van der Waals surface area contributed by atoms with Gasteiger partial charge < -0.3 is 15.8 Å². The number of carbonyl (C=O) groups is 2. The summed E-state index contributed by atoms with van der Waals surface area (Å²) >= 11 is 1.21. The van der Waals surface area contributed by atoms with Gasteiger partial charge in [-0.2, -0.15) is 0 Å². The molecule has 1 unspecified atom stereocenters. The summed E-state index contributed by atoms with van der Waals surface area (Å²) in [5.41, 5.74) is 5.82. The first-order valence-electron chi connectivity index (χ1n) is 5.46. The van der Waals surface area contributed by atoms with Crippen molar-refractivity contribution in [2.75, 3.05) is 18.6 Å². The predicted octanol–water partition coefficient (Wildman–Crippen LogP) is 1.18. The van der Waals surface area contributed by atoms with Gasteiger partial charge >= 0.3 is 5.97 Å². The lowest BCUT2D eigenvalue weighted by molar-refractivity contribution is -0.144. The fourth-order valence-corrected chi connectivity index (χ4v) is 2.40. The Morgan fingerprint density at radius 3 is 2.68 bits per heavy atom. The van der Waals surface area contributed by atoms with Gasteiger partial charge in [0.05, 0.1) is 7.11 Å². The van der Waals surface area contributed by atoms with Crippen molar-refractivity contribution in [3.05, 3.63) is 24.0 Å². The highest BCUT2D eigenvalue weighted by atomic mass is 32.2. The van der Waals surface area contributed by atoms with E-state index in [1.54, 1.807) is 6.07 Å². The minimum atomic E-state index is -0.781.